The van der Waals surface area contributed by atoms with Crippen molar-refractivity contribution in [1.82, 2.24) is 4.90 Å². The summed E-state index contributed by atoms with van der Waals surface area (Å²) in [5.41, 5.74) is 3.51. The van der Waals surface area contributed by atoms with Crippen LogP contribution < -0.4 is 9.47 Å². The van der Waals surface area contributed by atoms with Crippen molar-refractivity contribution in [3.8, 4) is 11.5 Å². The zero-order chi connectivity index (χ0) is 18.3. The molecule has 0 spiro atoms. The van der Waals surface area contributed by atoms with Crippen LogP contribution in [0.25, 0.3) is 0 Å². The molecule has 4 rings (SSSR count). The van der Waals surface area contributed by atoms with E-state index in [1.807, 2.05) is 24.3 Å². The quantitative estimate of drug-likeness (QED) is 0.786. The molecule has 0 radical (unpaired) electrons. The highest BCUT2D eigenvalue weighted by atomic mass is 35.5. The Labute approximate surface area is 159 Å². The summed E-state index contributed by atoms with van der Waals surface area (Å²) in [4.78, 5) is 2.39. The van der Waals surface area contributed by atoms with E-state index in [4.69, 9.17) is 25.8 Å². The topological polar surface area (TPSA) is 30.9 Å². The van der Waals surface area contributed by atoms with Gasteiger partial charge >= 0.3 is 0 Å². The Morgan fingerprint density at radius 1 is 1.04 bits per heavy atom. The first-order valence-electron chi connectivity index (χ1n) is 8.99. The van der Waals surface area contributed by atoms with Crippen LogP contribution in [0.2, 0.25) is 5.02 Å². The van der Waals surface area contributed by atoms with Gasteiger partial charge in [-0.25, -0.2) is 0 Å². The van der Waals surface area contributed by atoms with Gasteiger partial charge in [0.2, 0.25) is 0 Å². The molecule has 5 heteroatoms. The second-order valence-electron chi connectivity index (χ2n) is 7.01. The first-order chi connectivity index (χ1) is 12.6. The molecule has 0 bridgehead atoms. The van der Waals surface area contributed by atoms with Gasteiger partial charge in [0.15, 0.2) is 11.5 Å². The van der Waals surface area contributed by atoms with Crippen LogP contribution in [0.1, 0.15) is 41.7 Å². The van der Waals surface area contributed by atoms with Gasteiger partial charge in [-0.15, -0.1) is 0 Å². The van der Waals surface area contributed by atoms with Gasteiger partial charge in [0.05, 0.1) is 26.4 Å². The molecule has 138 valence electrons. The van der Waals surface area contributed by atoms with E-state index in [1.54, 1.807) is 14.2 Å². The molecule has 3 atom stereocenters. The van der Waals surface area contributed by atoms with Gasteiger partial charge in [0.25, 0.3) is 0 Å². The average molecular weight is 374 g/mol. The van der Waals surface area contributed by atoms with Gasteiger partial charge in [0, 0.05) is 5.02 Å². The zero-order valence-corrected chi connectivity index (χ0v) is 16.1. The molecule has 26 heavy (non-hydrogen) atoms. The summed E-state index contributed by atoms with van der Waals surface area (Å²) >= 11 is 6.08. The number of methoxy groups -OCH3 is 2. The van der Waals surface area contributed by atoms with Crippen molar-refractivity contribution in [3.63, 3.8) is 0 Å². The number of hydrogen-bond acceptors (Lipinski definition) is 4. The number of benzene rings is 2. The van der Waals surface area contributed by atoms with Gasteiger partial charge in [-0.1, -0.05) is 23.7 Å². The van der Waals surface area contributed by atoms with Crippen LogP contribution in [0.5, 0.6) is 11.5 Å². The summed E-state index contributed by atoms with van der Waals surface area (Å²) < 4.78 is 17.7. The third-order valence-electron chi connectivity index (χ3n) is 5.50. The van der Waals surface area contributed by atoms with E-state index >= 15 is 0 Å². The number of likely N-dealkylation sites (tertiary alicyclic amines) is 1. The van der Waals surface area contributed by atoms with E-state index < -0.39 is 0 Å². The van der Waals surface area contributed by atoms with Crippen molar-refractivity contribution in [3.05, 3.63) is 58.1 Å². The molecule has 1 fully saturated rings. The Kier molecular flexibility index (Phi) is 4.82. The van der Waals surface area contributed by atoms with E-state index in [-0.39, 0.29) is 18.2 Å². The predicted molar refractivity (Wildman–Crippen MR) is 102 cm³/mol. The molecule has 2 heterocycles. The van der Waals surface area contributed by atoms with Crippen LogP contribution in [0.15, 0.2) is 36.4 Å². The number of likely N-dealkylation sites (N-methyl/N-ethyl adjacent to an activating group) is 1. The summed E-state index contributed by atoms with van der Waals surface area (Å²) in [6, 6.07) is 12.3. The lowest BCUT2D eigenvalue weighted by Gasteiger charge is -2.46. The maximum absolute atomic E-state index is 6.61. The Balaban J connectivity index is 1.87. The molecule has 4 nitrogen and oxygen atoms in total. The van der Waals surface area contributed by atoms with Crippen LogP contribution in [0, 0.1) is 0 Å². The summed E-state index contributed by atoms with van der Waals surface area (Å²) in [6.45, 7) is 1.07. The van der Waals surface area contributed by atoms with Crippen LogP contribution in [-0.4, -0.2) is 38.8 Å². The minimum absolute atomic E-state index is 0.130. The van der Waals surface area contributed by atoms with Crippen LogP contribution in [0.3, 0.4) is 0 Å². The second kappa shape index (κ2) is 7.10. The monoisotopic (exact) mass is 373 g/mol. The maximum Gasteiger partial charge on any atom is 0.161 e. The van der Waals surface area contributed by atoms with Crippen molar-refractivity contribution in [2.75, 3.05) is 27.8 Å². The highest BCUT2D eigenvalue weighted by Crippen LogP contribution is 2.48. The normalized spacial score (nSPS) is 25.3. The molecule has 1 saturated heterocycles. The minimum Gasteiger partial charge on any atom is -0.493 e. The van der Waals surface area contributed by atoms with E-state index in [1.165, 1.54) is 5.56 Å². The Morgan fingerprint density at radius 2 is 1.69 bits per heavy atom. The first-order valence-corrected chi connectivity index (χ1v) is 9.37. The van der Waals surface area contributed by atoms with Crippen molar-refractivity contribution in [2.45, 2.75) is 31.1 Å². The van der Waals surface area contributed by atoms with Gasteiger partial charge in [-0.3, -0.25) is 4.90 Å². The number of nitrogens with zero attached hydrogens (tertiary/aromatic N) is 1. The number of ether oxygens (including phenoxy) is 3. The number of rotatable bonds is 3. The lowest BCUT2D eigenvalue weighted by Crippen LogP contribution is -2.44. The van der Waals surface area contributed by atoms with E-state index in [9.17, 15) is 0 Å². The SMILES string of the molecule is COc1cc2c(cc1OC)[C@@H]1[C@@H](CCCN1C)OC2c1ccc(Cl)cc1. The molecule has 2 aromatic rings. The third kappa shape index (κ3) is 2.96. The number of fused-ring (bicyclic) bond motifs is 3. The van der Waals surface area contributed by atoms with Crippen LogP contribution in [-0.2, 0) is 4.74 Å². The molecule has 0 amide bonds. The van der Waals surface area contributed by atoms with E-state index in [0.717, 1.165) is 47.0 Å². The standard InChI is InChI=1S/C21H24ClNO3/c1-23-10-4-5-17-20(23)15-11-18(24-2)19(25-3)12-16(15)21(26-17)13-6-8-14(22)9-7-13/h6-9,11-12,17,20-21H,4-5,10H2,1-3H3/t17-,20-,21?/m1/s1. The van der Waals surface area contributed by atoms with Gasteiger partial charge < -0.3 is 14.2 Å². The Hall–Kier alpha value is -1.75. The Morgan fingerprint density at radius 3 is 2.35 bits per heavy atom. The summed E-state index contributed by atoms with van der Waals surface area (Å²) in [7, 11) is 5.52. The lowest BCUT2D eigenvalue weighted by molar-refractivity contribution is -0.0793. The van der Waals surface area contributed by atoms with Crippen molar-refractivity contribution in [1.29, 1.82) is 0 Å². The molecule has 0 aliphatic carbocycles. The molecule has 0 aromatic heterocycles. The van der Waals surface area contributed by atoms with Crippen molar-refractivity contribution < 1.29 is 14.2 Å². The van der Waals surface area contributed by atoms with E-state index in [0.29, 0.717) is 0 Å². The number of piperidine rings is 1. The molecule has 1 unspecified atom stereocenters. The molecule has 0 N–H and O–H groups in total. The first kappa shape index (κ1) is 17.7. The van der Waals surface area contributed by atoms with Gasteiger partial charge in [0.1, 0.15) is 6.10 Å². The fraction of sp³-hybridized carbons (Fsp3) is 0.429. The third-order valence-corrected chi connectivity index (χ3v) is 5.75. The highest BCUT2D eigenvalue weighted by molar-refractivity contribution is 6.30. The molecule has 2 aromatic carbocycles. The van der Waals surface area contributed by atoms with Gasteiger partial charge in [-0.05, 0) is 67.4 Å². The fourth-order valence-corrected chi connectivity index (χ4v) is 4.37. The summed E-state index contributed by atoms with van der Waals surface area (Å²) in [5.74, 6) is 1.49. The van der Waals surface area contributed by atoms with Crippen LogP contribution >= 0.6 is 11.6 Å². The molecular weight excluding hydrogens is 350 g/mol. The zero-order valence-electron chi connectivity index (χ0n) is 15.4. The maximum atomic E-state index is 6.61. The number of hydrogen-bond donors (Lipinski definition) is 0. The predicted octanol–water partition coefficient (Wildman–Crippen LogP) is 4.61. The molecule has 2 aliphatic rings. The second-order valence-corrected chi connectivity index (χ2v) is 7.45. The van der Waals surface area contributed by atoms with Crippen molar-refractivity contribution >= 4 is 11.6 Å². The fourth-order valence-electron chi connectivity index (χ4n) is 4.24. The summed E-state index contributed by atoms with van der Waals surface area (Å²) in [5, 5.41) is 0.729. The highest BCUT2D eigenvalue weighted by Gasteiger charge is 2.41. The molecule has 0 saturated carbocycles. The minimum atomic E-state index is -0.130. The largest absolute Gasteiger partial charge is 0.493 e. The number of halogens is 1. The van der Waals surface area contributed by atoms with Gasteiger partial charge in [-0.2, -0.15) is 0 Å². The Bertz CT molecular complexity index is 793. The average Bonchev–Trinajstić information content (AvgIpc) is 2.67. The van der Waals surface area contributed by atoms with Crippen LogP contribution in [0.4, 0.5) is 0 Å². The molecule has 2 aliphatic heterocycles. The van der Waals surface area contributed by atoms with Crippen molar-refractivity contribution in [2.24, 2.45) is 0 Å². The smallest absolute Gasteiger partial charge is 0.161 e. The lowest BCUT2D eigenvalue weighted by atomic mass is 9.83. The van der Waals surface area contributed by atoms with E-state index in [2.05, 4.69) is 24.1 Å². The molecular formula is C21H24ClNO3. The summed E-state index contributed by atoms with van der Waals surface area (Å²) in [6.07, 6.45) is 2.25.